The molecule has 3 rings (SSSR count). The van der Waals surface area contributed by atoms with E-state index in [4.69, 9.17) is 5.73 Å². The smallest absolute Gasteiger partial charge is 0.294 e. The summed E-state index contributed by atoms with van der Waals surface area (Å²) in [5, 5.41) is 38.4. The molecule has 6 N–H and O–H groups in total. The summed E-state index contributed by atoms with van der Waals surface area (Å²) in [6, 6.07) is 4.02. The van der Waals surface area contributed by atoms with Gasteiger partial charge in [-0.15, -0.1) is 5.10 Å². The molecule has 1 aromatic carbocycles. The number of nitrogens with two attached hydrogens (primary N) is 1. The van der Waals surface area contributed by atoms with Gasteiger partial charge < -0.3 is 20.8 Å². The first-order valence-corrected chi connectivity index (χ1v) is 10.2. The molecule has 0 bridgehead atoms. The Labute approximate surface area is 183 Å². The highest BCUT2D eigenvalue weighted by molar-refractivity contribution is 5.94. The van der Waals surface area contributed by atoms with Crippen LogP contribution in [0.4, 0.5) is 5.82 Å². The lowest BCUT2D eigenvalue weighted by atomic mass is 10.2. The zero-order valence-electron chi connectivity index (χ0n) is 17.8. The van der Waals surface area contributed by atoms with Crippen molar-refractivity contribution in [3.8, 4) is 17.3 Å². The summed E-state index contributed by atoms with van der Waals surface area (Å²) >= 11 is 0. The number of quaternary nitrogens is 1. The molecular weight excluding hydrogens is 418 g/mol. The SMILES string of the molecule is CCC[NH+](CCC)Cc1c(C(=O)NN=Cc2ccc(O)cc2O)nnn1-c1nonc1N. The number of amides is 1. The fourth-order valence-electron chi connectivity index (χ4n) is 3.24. The highest BCUT2D eigenvalue weighted by Gasteiger charge is 2.27. The average molecular weight is 444 g/mol. The van der Waals surface area contributed by atoms with Crippen LogP contribution in [0.2, 0.25) is 0 Å². The monoisotopic (exact) mass is 444 g/mol. The molecule has 2 heterocycles. The van der Waals surface area contributed by atoms with Crippen LogP contribution < -0.4 is 16.1 Å². The van der Waals surface area contributed by atoms with Crippen molar-refractivity contribution in [2.24, 2.45) is 5.10 Å². The molecule has 13 heteroatoms. The third-order valence-electron chi connectivity index (χ3n) is 4.68. The Morgan fingerprint density at radius 3 is 2.66 bits per heavy atom. The number of aromatic nitrogens is 5. The molecule has 32 heavy (non-hydrogen) atoms. The van der Waals surface area contributed by atoms with E-state index in [2.05, 4.69) is 49.6 Å². The number of phenolic OH excluding ortho intramolecular Hbond substituents is 2. The number of hydrazone groups is 1. The fourth-order valence-corrected chi connectivity index (χ4v) is 3.24. The van der Waals surface area contributed by atoms with Crippen LogP contribution in [0.15, 0.2) is 27.9 Å². The van der Waals surface area contributed by atoms with Crippen molar-refractivity contribution in [2.45, 2.75) is 33.2 Å². The van der Waals surface area contributed by atoms with E-state index in [-0.39, 0.29) is 28.8 Å². The van der Waals surface area contributed by atoms with Crippen molar-refractivity contribution in [3.63, 3.8) is 0 Å². The molecule has 0 radical (unpaired) electrons. The van der Waals surface area contributed by atoms with E-state index in [1.54, 1.807) is 0 Å². The Morgan fingerprint density at radius 2 is 2.03 bits per heavy atom. The number of anilines is 1. The number of benzene rings is 1. The molecular formula is C19H26N9O4+. The fraction of sp³-hybridized carbons (Fsp3) is 0.368. The van der Waals surface area contributed by atoms with Gasteiger partial charge in [0.05, 0.1) is 19.3 Å². The molecule has 3 aromatic rings. The molecule has 0 saturated carbocycles. The van der Waals surface area contributed by atoms with Crippen LogP contribution in [0.1, 0.15) is 48.4 Å². The van der Waals surface area contributed by atoms with Gasteiger partial charge in [0.25, 0.3) is 5.91 Å². The molecule has 0 atom stereocenters. The molecule has 1 amide bonds. The van der Waals surface area contributed by atoms with Gasteiger partial charge in [-0.2, -0.15) is 9.78 Å². The number of hydrogen-bond acceptors (Lipinski definition) is 10. The molecule has 0 aliphatic carbocycles. The zero-order valence-corrected chi connectivity index (χ0v) is 17.8. The van der Waals surface area contributed by atoms with Crippen molar-refractivity contribution < 1.29 is 24.5 Å². The Morgan fingerprint density at radius 1 is 1.28 bits per heavy atom. The normalized spacial score (nSPS) is 11.5. The molecule has 0 spiro atoms. The van der Waals surface area contributed by atoms with E-state index in [0.29, 0.717) is 17.8 Å². The van der Waals surface area contributed by atoms with Crippen LogP contribution >= 0.6 is 0 Å². The summed E-state index contributed by atoms with van der Waals surface area (Å²) < 4.78 is 6.02. The van der Waals surface area contributed by atoms with E-state index in [9.17, 15) is 15.0 Å². The highest BCUT2D eigenvalue weighted by Crippen LogP contribution is 2.20. The number of aromatic hydroxyl groups is 2. The maximum atomic E-state index is 12.8. The lowest BCUT2D eigenvalue weighted by molar-refractivity contribution is -0.914. The predicted octanol–water partition coefficient (Wildman–Crippen LogP) is -0.387. The topological polar surface area (TPSA) is 182 Å². The van der Waals surface area contributed by atoms with E-state index in [0.717, 1.165) is 25.9 Å². The standard InChI is InChI=1S/C19H25N9O4/c1-3-7-27(8-4-2)11-14-16(22-26-28(14)18-17(20)24-32-25-18)19(31)23-21-10-12-5-6-13(29)9-15(12)30/h5-6,9-10,29-30H,3-4,7-8,11H2,1-2H3,(H2,20,24)(H,23,31)/p+1. The van der Waals surface area contributed by atoms with E-state index < -0.39 is 5.91 Å². The molecule has 13 nitrogen and oxygen atoms in total. The number of nitrogens with one attached hydrogen (secondary N) is 2. The second kappa shape index (κ2) is 10.3. The molecule has 0 saturated heterocycles. The number of carbonyl (C=O) groups is 1. The third-order valence-corrected chi connectivity index (χ3v) is 4.68. The predicted molar refractivity (Wildman–Crippen MR) is 113 cm³/mol. The molecule has 2 aromatic heterocycles. The van der Waals surface area contributed by atoms with Gasteiger partial charge in [0, 0.05) is 11.6 Å². The lowest BCUT2D eigenvalue weighted by Crippen LogP contribution is -3.10. The van der Waals surface area contributed by atoms with Crippen LogP contribution in [-0.2, 0) is 6.54 Å². The van der Waals surface area contributed by atoms with Gasteiger partial charge in [-0.05, 0) is 35.3 Å². The molecule has 0 aliphatic heterocycles. The van der Waals surface area contributed by atoms with E-state index >= 15 is 0 Å². The number of carbonyl (C=O) groups excluding carboxylic acids is 1. The lowest BCUT2D eigenvalue weighted by Gasteiger charge is -2.18. The Kier molecular flexibility index (Phi) is 7.33. The average Bonchev–Trinajstić information content (AvgIpc) is 3.35. The second-order valence-corrected chi connectivity index (χ2v) is 7.14. The molecule has 0 fully saturated rings. The largest absolute Gasteiger partial charge is 0.508 e. The summed E-state index contributed by atoms with van der Waals surface area (Å²) in [5.41, 5.74) is 9.06. The van der Waals surface area contributed by atoms with Crippen LogP contribution in [0, 0.1) is 0 Å². The Balaban J connectivity index is 1.87. The van der Waals surface area contributed by atoms with Gasteiger partial charge in [0.2, 0.25) is 11.6 Å². The maximum absolute atomic E-state index is 12.8. The highest BCUT2D eigenvalue weighted by atomic mass is 16.6. The van der Waals surface area contributed by atoms with Crippen LogP contribution in [0.3, 0.4) is 0 Å². The third kappa shape index (κ3) is 5.18. The number of nitrogen functional groups attached to an aromatic ring is 1. The van der Waals surface area contributed by atoms with Gasteiger partial charge in [0.1, 0.15) is 23.7 Å². The van der Waals surface area contributed by atoms with E-state index in [1.165, 1.54) is 34.0 Å². The van der Waals surface area contributed by atoms with Crippen LogP contribution in [0.25, 0.3) is 5.82 Å². The summed E-state index contributed by atoms with van der Waals surface area (Å²) in [7, 11) is 0. The van der Waals surface area contributed by atoms with Crippen LogP contribution in [-0.4, -0.2) is 60.7 Å². The first-order chi connectivity index (χ1) is 15.4. The van der Waals surface area contributed by atoms with E-state index in [1.807, 2.05) is 0 Å². The maximum Gasteiger partial charge on any atom is 0.294 e. The molecule has 0 aliphatic rings. The summed E-state index contributed by atoms with van der Waals surface area (Å²) in [6.07, 6.45) is 3.18. The van der Waals surface area contributed by atoms with Crippen molar-refractivity contribution in [1.29, 1.82) is 0 Å². The van der Waals surface area contributed by atoms with Gasteiger partial charge >= 0.3 is 0 Å². The number of phenols is 2. The first-order valence-electron chi connectivity index (χ1n) is 10.2. The van der Waals surface area contributed by atoms with Crippen molar-refractivity contribution in [2.75, 3.05) is 18.8 Å². The van der Waals surface area contributed by atoms with Gasteiger partial charge in [-0.25, -0.2) is 10.1 Å². The summed E-state index contributed by atoms with van der Waals surface area (Å²) in [4.78, 5) is 14.1. The van der Waals surface area contributed by atoms with Gasteiger partial charge in [-0.1, -0.05) is 19.1 Å². The van der Waals surface area contributed by atoms with Gasteiger partial charge in [0.15, 0.2) is 5.69 Å². The summed E-state index contributed by atoms with van der Waals surface area (Å²) in [5.74, 6) is -0.684. The Bertz CT molecular complexity index is 1090. The Hall–Kier alpha value is -4.00. The van der Waals surface area contributed by atoms with Crippen LogP contribution in [0.5, 0.6) is 11.5 Å². The summed E-state index contributed by atoms with van der Waals surface area (Å²) in [6.45, 7) is 6.42. The second-order valence-electron chi connectivity index (χ2n) is 7.14. The zero-order chi connectivity index (χ0) is 23.1. The minimum Gasteiger partial charge on any atom is -0.508 e. The number of rotatable bonds is 10. The molecule has 0 unspecified atom stereocenters. The van der Waals surface area contributed by atoms with Crippen molar-refractivity contribution in [1.82, 2.24) is 30.7 Å². The quantitative estimate of drug-likeness (QED) is 0.205. The minimum atomic E-state index is -0.594. The van der Waals surface area contributed by atoms with Gasteiger partial charge in [-0.3, -0.25) is 4.79 Å². The number of nitrogens with zero attached hydrogens (tertiary/aromatic N) is 6. The molecule has 170 valence electrons. The number of hydrogen-bond donors (Lipinski definition) is 5. The van der Waals surface area contributed by atoms with Crippen molar-refractivity contribution in [3.05, 3.63) is 35.2 Å². The van der Waals surface area contributed by atoms with Crippen molar-refractivity contribution >= 4 is 17.9 Å². The minimum absolute atomic E-state index is 0.0245. The first kappa shape index (κ1) is 22.7.